The molecule has 1 saturated heterocycles. The normalized spacial score (nSPS) is 22.9. The number of piperazine rings is 1. The van der Waals surface area contributed by atoms with E-state index in [-0.39, 0.29) is 25.7 Å². The minimum absolute atomic E-state index is 0.193. The molecule has 0 radical (unpaired) electrons. The van der Waals surface area contributed by atoms with Gasteiger partial charge in [-0.1, -0.05) is 0 Å². The maximum absolute atomic E-state index is 11.9. The van der Waals surface area contributed by atoms with Crippen molar-refractivity contribution in [3.63, 3.8) is 0 Å². The van der Waals surface area contributed by atoms with Gasteiger partial charge in [0.1, 0.15) is 5.60 Å². The van der Waals surface area contributed by atoms with Gasteiger partial charge in [-0.15, -0.1) is 0 Å². The first kappa shape index (κ1) is 15.2. The molecule has 1 rings (SSSR count). The van der Waals surface area contributed by atoms with E-state index in [9.17, 15) is 13.2 Å². The quantitative estimate of drug-likeness (QED) is 0.738. The maximum Gasteiger partial charge on any atom is 0.410 e. The van der Waals surface area contributed by atoms with Crippen LogP contribution in [0.4, 0.5) is 4.79 Å². The van der Waals surface area contributed by atoms with Crippen LogP contribution in [0.15, 0.2) is 0 Å². The fourth-order valence-electron chi connectivity index (χ4n) is 1.75. The molecular formula is C10H21N3O4S. The van der Waals surface area contributed by atoms with Crippen LogP contribution in [0, 0.1) is 0 Å². The van der Waals surface area contributed by atoms with Crippen molar-refractivity contribution < 1.29 is 17.9 Å². The van der Waals surface area contributed by atoms with Gasteiger partial charge in [0.2, 0.25) is 0 Å². The SMILES string of the molecule is C[C@H]1CN(S(N)(=O)=O)CCN1C(=O)OC(C)(C)C. The zero-order valence-electron chi connectivity index (χ0n) is 11.2. The molecule has 106 valence electrons. The van der Waals surface area contributed by atoms with E-state index in [2.05, 4.69) is 0 Å². The first-order valence-corrected chi connectivity index (χ1v) is 7.28. The molecule has 18 heavy (non-hydrogen) atoms. The lowest BCUT2D eigenvalue weighted by Crippen LogP contribution is -2.57. The average Bonchev–Trinajstić information content (AvgIpc) is 2.12. The summed E-state index contributed by atoms with van der Waals surface area (Å²) in [5.41, 5.74) is -0.562. The van der Waals surface area contributed by atoms with Crippen LogP contribution in [-0.2, 0) is 14.9 Å². The molecule has 1 heterocycles. The molecule has 1 aliphatic heterocycles. The number of ether oxygens (including phenoxy) is 1. The smallest absolute Gasteiger partial charge is 0.410 e. The molecule has 1 fully saturated rings. The maximum atomic E-state index is 11.9. The zero-order chi connectivity index (χ0) is 14.1. The van der Waals surface area contributed by atoms with Crippen LogP contribution in [0.2, 0.25) is 0 Å². The van der Waals surface area contributed by atoms with E-state index in [4.69, 9.17) is 9.88 Å². The standard InChI is InChI=1S/C10H21N3O4S/c1-8-7-12(18(11,15)16)5-6-13(8)9(14)17-10(2,3)4/h8H,5-7H2,1-4H3,(H2,11,15,16)/t8-/m0/s1. The predicted molar refractivity (Wildman–Crippen MR) is 67.1 cm³/mol. The molecule has 0 aliphatic carbocycles. The van der Waals surface area contributed by atoms with Crippen LogP contribution in [0.25, 0.3) is 0 Å². The highest BCUT2D eigenvalue weighted by atomic mass is 32.2. The Morgan fingerprint density at radius 1 is 1.33 bits per heavy atom. The molecule has 1 atom stereocenters. The van der Waals surface area contributed by atoms with Crippen molar-refractivity contribution in [3.8, 4) is 0 Å². The number of amides is 1. The van der Waals surface area contributed by atoms with Gasteiger partial charge in [0.15, 0.2) is 0 Å². The second-order valence-corrected chi connectivity index (χ2v) is 6.97. The Balaban J connectivity index is 2.66. The molecule has 0 saturated carbocycles. The first-order chi connectivity index (χ1) is 8.00. The molecule has 7 nitrogen and oxygen atoms in total. The molecule has 0 aromatic rings. The van der Waals surface area contributed by atoms with Crippen molar-refractivity contribution in [1.29, 1.82) is 0 Å². The van der Waals surface area contributed by atoms with E-state index in [0.29, 0.717) is 0 Å². The number of hydrogen-bond acceptors (Lipinski definition) is 4. The summed E-state index contributed by atoms with van der Waals surface area (Å²) < 4.78 is 28.8. The van der Waals surface area contributed by atoms with E-state index in [1.165, 1.54) is 9.21 Å². The van der Waals surface area contributed by atoms with Crippen LogP contribution >= 0.6 is 0 Å². The molecule has 0 aromatic heterocycles. The van der Waals surface area contributed by atoms with Crippen LogP contribution in [0.5, 0.6) is 0 Å². The molecule has 0 unspecified atom stereocenters. The number of rotatable bonds is 1. The molecule has 0 aromatic carbocycles. The van der Waals surface area contributed by atoms with Gasteiger partial charge >= 0.3 is 6.09 Å². The molecule has 0 bridgehead atoms. The van der Waals surface area contributed by atoms with Crippen molar-refractivity contribution in [2.75, 3.05) is 19.6 Å². The van der Waals surface area contributed by atoms with Gasteiger partial charge < -0.3 is 9.64 Å². The summed E-state index contributed by atoms with van der Waals surface area (Å²) in [6.45, 7) is 7.80. The lowest BCUT2D eigenvalue weighted by atomic mass is 10.2. The van der Waals surface area contributed by atoms with E-state index in [0.717, 1.165) is 0 Å². The van der Waals surface area contributed by atoms with Crippen LogP contribution < -0.4 is 5.14 Å². The van der Waals surface area contributed by atoms with Gasteiger partial charge in [0, 0.05) is 25.7 Å². The van der Waals surface area contributed by atoms with Crippen LogP contribution in [0.1, 0.15) is 27.7 Å². The van der Waals surface area contributed by atoms with Crippen molar-refractivity contribution in [3.05, 3.63) is 0 Å². The van der Waals surface area contributed by atoms with Gasteiger partial charge in [0.05, 0.1) is 0 Å². The first-order valence-electron chi connectivity index (χ1n) is 5.78. The topological polar surface area (TPSA) is 92.9 Å². The Morgan fingerprint density at radius 2 is 1.89 bits per heavy atom. The minimum Gasteiger partial charge on any atom is -0.444 e. The molecule has 0 spiro atoms. The monoisotopic (exact) mass is 279 g/mol. The van der Waals surface area contributed by atoms with E-state index in [1.54, 1.807) is 27.7 Å². The Labute approximate surface area is 108 Å². The van der Waals surface area contributed by atoms with Crippen molar-refractivity contribution in [2.45, 2.75) is 39.3 Å². The van der Waals surface area contributed by atoms with E-state index < -0.39 is 21.9 Å². The number of nitrogens with zero attached hydrogens (tertiary/aromatic N) is 2. The van der Waals surface area contributed by atoms with Crippen LogP contribution in [0.3, 0.4) is 0 Å². The van der Waals surface area contributed by atoms with Gasteiger partial charge in [-0.05, 0) is 27.7 Å². The third-order valence-electron chi connectivity index (χ3n) is 2.58. The average molecular weight is 279 g/mol. The van der Waals surface area contributed by atoms with Crippen molar-refractivity contribution in [2.24, 2.45) is 5.14 Å². The highest BCUT2D eigenvalue weighted by molar-refractivity contribution is 7.86. The number of carbonyl (C=O) groups is 1. The van der Waals surface area contributed by atoms with Crippen molar-refractivity contribution >= 4 is 16.3 Å². The molecule has 2 N–H and O–H groups in total. The third-order valence-corrected chi connectivity index (χ3v) is 3.63. The second kappa shape index (κ2) is 5.02. The predicted octanol–water partition coefficient (Wildman–Crippen LogP) is 0.131. The third kappa shape index (κ3) is 4.11. The Bertz CT molecular complexity index is 415. The molecule has 1 amide bonds. The summed E-state index contributed by atoms with van der Waals surface area (Å²) in [6, 6.07) is -0.257. The number of hydrogen-bond donors (Lipinski definition) is 1. The van der Waals surface area contributed by atoms with Crippen molar-refractivity contribution in [1.82, 2.24) is 9.21 Å². The summed E-state index contributed by atoms with van der Waals surface area (Å²) in [5, 5.41) is 5.06. The Kier molecular flexibility index (Phi) is 4.24. The van der Waals surface area contributed by atoms with Crippen LogP contribution in [-0.4, -0.2) is 55.0 Å². The summed E-state index contributed by atoms with van der Waals surface area (Å²) in [7, 11) is -3.69. The Hall–Kier alpha value is -0.860. The lowest BCUT2D eigenvalue weighted by molar-refractivity contribution is 0.00858. The number of carbonyl (C=O) groups excluding carboxylic acids is 1. The van der Waals surface area contributed by atoms with E-state index >= 15 is 0 Å². The highest BCUT2D eigenvalue weighted by Crippen LogP contribution is 2.16. The number of nitrogens with two attached hydrogens (primary N) is 1. The van der Waals surface area contributed by atoms with Gasteiger partial charge in [-0.3, -0.25) is 0 Å². The van der Waals surface area contributed by atoms with Gasteiger partial charge in [-0.2, -0.15) is 12.7 Å². The Morgan fingerprint density at radius 3 is 2.28 bits per heavy atom. The fraction of sp³-hybridized carbons (Fsp3) is 0.900. The summed E-state index contributed by atoms with van der Waals surface area (Å²) in [6.07, 6.45) is -0.427. The van der Waals surface area contributed by atoms with E-state index in [1.807, 2.05) is 0 Å². The van der Waals surface area contributed by atoms with Gasteiger partial charge in [0.25, 0.3) is 10.2 Å². The molecular weight excluding hydrogens is 258 g/mol. The zero-order valence-corrected chi connectivity index (χ0v) is 12.0. The minimum atomic E-state index is -3.69. The largest absolute Gasteiger partial charge is 0.444 e. The molecule has 1 aliphatic rings. The molecule has 8 heteroatoms. The van der Waals surface area contributed by atoms with Gasteiger partial charge in [-0.25, -0.2) is 9.93 Å². The summed E-state index contributed by atoms with van der Waals surface area (Å²) >= 11 is 0. The second-order valence-electron chi connectivity index (χ2n) is 5.43. The lowest BCUT2D eigenvalue weighted by Gasteiger charge is -2.38. The summed E-state index contributed by atoms with van der Waals surface area (Å²) in [5.74, 6) is 0. The fourth-order valence-corrected chi connectivity index (χ4v) is 2.51. The summed E-state index contributed by atoms with van der Waals surface area (Å²) in [4.78, 5) is 13.4. The highest BCUT2D eigenvalue weighted by Gasteiger charge is 2.33.